The summed E-state index contributed by atoms with van der Waals surface area (Å²) in [5.74, 6) is 0.367. The van der Waals surface area contributed by atoms with Crippen molar-refractivity contribution in [2.75, 3.05) is 5.32 Å². The van der Waals surface area contributed by atoms with E-state index in [2.05, 4.69) is 30.6 Å². The highest BCUT2D eigenvalue weighted by molar-refractivity contribution is 6.01. The fourth-order valence-corrected chi connectivity index (χ4v) is 1.88. The summed E-state index contributed by atoms with van der Waals surface area (Å²) in [5, 5.41) is 13.3. The zero-order valence-electron chi connectivity index (χ0n) is 11.3. The van der Waals surface area contributed by atoms with Crippen LogP contribution in [0.4, 0.5) is 5.69 Å². The Kier molecular flexibility index (Phi) is 3.42. The van der Waals surface area contributed by atoms with Gasteiger partial charge in [0.2, 0.25) is 5.82 Å². The van der Waals surface area contributed by atoms with Crippen molar-refractivity contribution in [3.63, 3.8) is 0 Å². The second-order valence-corrected chi connectivity index (χ2v) is 4.49. The van der Waals surface area contributed by atoms with Crippen LogP contribution in [-0.2, 0) is 6.54 Å². The van der Waals surface area contributed by atoms with Gasteiger partial charge in [-0.15, -0.1) is 5.10 Å². The second-order valence-electron chi connectivity index (χ2n) is 4.49. The number of H-pyrrole nitrogens is 1. The molecule has 8 heteroatoms. The first kappa shape index (κ1) is 13.0. The molecule has 8 nitrogen and oxygen atoms in total. The molecular formula is C13H13N7O. The number of hydrogen-bond donors (Lipinski definition) is 2. The smallest absolute Gasteiger partial charge is 0.295 e. The largest absolute Gasteiger partial charge is 0.319 e. The summed E-state index contributed by atoms with van der Waals surface area (Å²) in [6.45, 7) is 2.33. The Hall–Kier alpha value is -3.03. The van der Waals surface area contributed by atoms with E-state index in [-0.39, 0.29) is 11.7 Å². The number of nitrogens with zero attached hydrogens (tertiary/aromatic N) is 5. The maximum atomic E-state index is 12.0. The molecule has 0 spiro atoms. The van der Waals surface area contributed by atoms with Gasteiger partial charge in [0.1, 0.15) is 18.5 Å². The lowest BCUT2D eigenvalue weighted by Crippen LogP contribution is -2.14. The molecule has 2 aromatic heterocycles. The molecule has 0 aliphatic carbocycles. The number of aromatic nitrogens is 6. The van der Waals surface area contributed by atoms with Gasteiger partial charge in [0.05, 0.1) is 6.54 Å². The van der Waals surface area contributed by atoms with Gasteiger partial charge in [-0.1, -0.05) is 12.1 Å². The summed E-state index contributed by atoms with van der Waals surface area (Å²) in [4.78, 5) is 19.9. The monoisotopic (exact) mass is 283 g/mol. The van der Waals surface area contributed by atoms with Crippen LogP contribution in [0.5, 0.6) is 0 Å². The number of carbonyl (C=O) groups is 1. The van der Waals surface area contributed by atoms with Crippen molar-refractivity contribution in [3.05, 3.63) is 54.1 Å². The number of carbonyl (C=O) groups excluding carboxylic acids is 1. The zero-order valence-corrected chi connectivity index (χ0v) is 11.3. The van der Waals surface area contributed by atoms with Crippen LogP contribution in [0.25, 0.3) is 0 Å². The van der Waals surface area contributed by atoms with Crippen molar-refractivity contribution in [2.45, 2.75) is 13.5 Å². The van der Waals surface area contributed by atoms with Gasteiger partial charge in [-0.2, -0.15) is 5.10 Å². The van der Waals surface area contributed by atoms with Crippen molar-refractivity contribution >= 4 is 11.6 Å². The molecule has 1 amide bonds. The Morgan fingerprint density at radius 2 is 2.33 bits per heavy atom. The van der Waals surface area contributed by atoms with Gasteiger partial charge in [-0.25, -0.2) is 14.6 Å². The highest BCUT2D eigenvalue weighted by Gasteiger charge is 2.11. The molecule has 21 heavy (non-hydrogen) atoms. The number of benzene rings is 1. The summed E-state index contributed by atoms with van der Waals surface area (Å²) < 4.78 is 1.71. The predicted octanol–water partition coefficient (Wildman–Crippen LogP) is 1.01. The van der Waals surface area contributed by atoms with Gasteiger partial charge in [-0.3, -0.25) is 9.89 Å². The molecule has 0 aliphatic heterocycles. The number of amides is 1. The molecule has 2 N–H and O–H groups in total. The van der Waals surface area contributed by atoms with E-state index in [0.717, 1.165) is 5.56 Å². The van der Waals surface area contributed by atoms with Gasteiger partial charge in [-0.05, 0) is 24.6 Å². The Balaban J connectivity index is 1.72. The Morgan fingerprint density at radius 3 is 3.05 bits per heavy atom. The third-order valence-corrected chi connectivity index (χ3v) is 2.80. The molecular weight excluding hydrogens is 270 g/mol. The van der Waals surface area contributed by atoms with Crippen LogP contribution in [0, 0.1) is 6.92 Å². The van der Waals surface area contributed by atoms with Crippen LogP contribution in [-0.4, -0.2) is 35.9 Å². The Bertz CT molecular complexity index is 747. The second kappa shape index (κ2) is 5.53. The van der Waals surface area contributed by atoms with E-state index in [1.165, 1.54) is 6.33 Å². The van der Waals surface area contributed by atoms with E-state index >= 15 is 0 Å². The van der Waals surface area contributed by atoms with E-state index in [1.54, 1.807) is 17.9 Å². The first-order chi connectivity index (χ1) is 10.2. The maximum Gasteiger partial charge on any atom is 0.295 e. The third kappa shape index (κ3) is 3.11. The average Bonchev–Trinajstić information content (AvgIpc) is 3.11. The molecule has 106 valence electrons. The highest BCUT2D eigenvalue weighted by Crippen LogP contribution is 2.12. The van der Waals surface area contributed by atoms with Crippen LogP contribution in [0.15, 0.2) is 36.9 Å². The van der Waals surface area contributed by atoms with E-state index in [0.29, 0.717) is 18.1 Å². The van der Waals surface area contributed by atoms with Crippen molar-refractivity contribution in [3.8, 4) is 0 Å². The molecule has 1 aromatic carbocycles. The van der Waals surface area contributed by atoms with Crippen LogP contribution < -0.4 is 5.32 Å². The van der Waals surface area contributed by atoms with Crippen LogP contribution in [0.3, 0.4) is 0 Å². The molecule has 0 unspecified atom stereocenters. The summed E-state index contributed by atoms with van der Waals surface area (Å²) >= 11 is 0. The number of hydrogen-bond acceptors (Lipinski definition) is 5. The standard InChI is InChI=1S/C13H13N7O/c1-9-16-12(19-18-9)13(21)17-11-4-2-3-10(5-11)6-20-8-14-7-15-20/h2-5,7-8H,6H2,1H3,(H,17,21)(H,16,18,19). The fraction of sp³-hybridized carbons (Fsp3) is 0.154. The molecule has 0 saturated heterocycles. The lowest BCUT2D eigenvalue weighted by molar-refractivity contribution is 0.101. The Labute approximate surface area is 120 Å². The number of anilines is 1. The number of nitrogens with one attached hydrogen (secondary N) is 2. The first-order valence-electron chi connectivity index (χ1n) is 6.32. The minimum absolute atomic E-state index is 0.120. The van der Waals surface area contributed by atoms with Gasteiger partial charge in [0.15, 0.2) is 0 Å². The van der Waals surface area contributed by atoms with Crippen LogP contribution >= 0.6 is 0 Å². The number of aryl methyl sites for hydroxylation is 1. The third-order valence-electron chi connectivity index (χ3n) is 2.80. The predicted molar refractivity (Wildman–Crippen MR) is 74.6 cm³/mol. The van der Waals surface area contributed by atoms with Gasteiger partial charge in [0, 0.05) is 5.69 Å². The van der Waals surface area contributed by atoms with Crippen molar-refractivity contribution in [2.24, 2.45) is 0 Å². The molecule has 0 radical (unpaired) electrons. The average molecular weight is 283 g/mol. The summed E-state index contributed by atoms with van der Waals surface area (Å²) in [6, 6.07) is 7.50. The van der Waals surface area contributed by atoms with E-state index < -0.39 is 0 Å². The highest BCUT2D eigenvalue weighted by atomic mass is 16.2. The SMILES string of the molecule is Cc1nc(C(=O)Nc2cccc(Cn3cncn3)c2)n[nH]1. The number of aromatic amines is 1. The summed E-state index contributed by atoms with van der Waals surface area (Å²) in [7, 11) is 0. The lowest BCUT2D eigenvalue weighted by atomic mass is 10.2. The lowest BCUT2D eigenvalue weighted by Gasteiger charge is -2.06. The van der Waals surface area contributed by atoms with Crippen LogP contribution in [0.1, 0.15) is 22.0 Å². The van der Waals surface area contributed by atoms with Crippen molar-refractivity contribution in [1.82, 2.24) is 29.9 Å². The zero-order chi connectivity index (χ0) is 14.7. The topological polar surface area (TPSA) is 101 Å². The minimum Gasteiger partial charge on any atom is -0.319 e. The van der Waals surface area contributed by atoms with Gasteiger partial charge < -0.3 is 5.32 Å². The fourth-order valence-electron chi connectivity index (χ4n) is 1.88. The molecule has 0 aliphatic rings. The molecule has 0 atom stereocenters. The molecule has 0 saturated carbocycles. The van der Waals surface area contributed by atoms with Gasteiger partial charge >= 0.3 is 0 Å². The summed E-state index contributed by atoms with van der Waals surface area (Å²) in [6.07, 6.45) is 3.12. The van der Waals surface area contributed by atoms with E-state index in [9.17, 15) is 4.79 Å². The molecule has 0 bridgehead atoms. The summed E-state index contributed by atoms with van der Waals surface area (Å²) in [5.41, 5.74) is 1.68. The van der Waals surface area contributed by atoms with Gasteiger partial charge in [0.25, 0.3) is 5.91 Å². The number of rotatable bonds is 4. The first-order valence-corrected chi connectivity index (χ1v) is 6.32. The normalized spacial score (nSPS) is 10.5. The minimum atomic E-state index is -0.350. The van der Waals surface area contributed by atoms with Crippen LogP contribution in [0.2, 0.25) is 0 Å². The van der Waals surface area contributed by atoms with Crippen molar-refractivity contribution < 1.29 is 4.79 Å². The maximum absolute atomic E-state index is 12.0. The molecule has 0 fully saturated rings. The quantitative estimate of drug-likeness (QED) is 0.744. The Morgan fingerprint density at radius 1 is 1.43 bits per heavy atom. The van der Waals surface area contributed by atoms with E-state index in [4.69, 9.17) is 0 Å². The van der Waals surface area contributed by atoms with E-state index in [1.807, 2.05) is 24.3 Å². The molecule has 3 aromatic rings. The molecule has 2 heterocycles. The molecule has 3 rings (SSSR count). The van der Waals surface area contributed by atoms with Crippen molar-refractivity contribution in [1.29, 1.82) is 0 Å².